The Balaban J connectivity index is 2.11. The van der Waals surface area contributed by atoms with Crippen LogP contribution < -0.4 is 16.6 Å². The normalized spacial score (nSPS) is 13.2. The third-order valence-corrected chi connectivity index (χ3v) is 3.92. The second kappa shape index (κ2) is 4.72. The van der Waals surface area contributed by atoms with E-state index in [0.29, 0.717) is 22.3 Å². The Kier molecular flexibility index (Phi) is 2.77. The number of carbonyl (C=O) groups excluding carboxylic acids is 2. The zero-order valence-electron chi connectivity index (χ0n) is 12.5. The van der Waals surface area contributed by atoms with Crippen LogP contribution in [0.2, 0.25) is 0 Å². The van der Waals surface area contributed by atoms with E-state index < -0.39 is 17.4 Å². The minimum atomic E-state index is -0.620. The standard InChI is InChI=1S/C16H11N5O3/c1-7-5-8-10(20-19-7)3-2-4-11(8)21-12(22)6-9-13(14(21)17)16(24)18-15(9)23/h2-6H,17H2,1H3,(H,18,23,24). The molecule has 0 spiro atoms. The zero-order valence-corrected chi connectivity index (χ0v) is 12.5. The maximum atomic E-state index is 12.5. The summed E-state index contributed by atoms with van der Waals surface area (Å²) in [6.07, 6.45) is 0. The highest BCUT2D eigenvalue weighted by Crippen LogP contribution is 2.26. The van der Waals surface area contributed by atoms with E-state index in [1.54, 1.807) is 31.2 Å². The maximum Gasteiger partial charge on any atom is 0.262 e. The molecule has 118 valence electrons. The van der Waals surface area contributed by atoms with Crippen molar-refractivity contribution >= 4 is 28.5 Å². The minimum Gasteiger partial charge on any atom is -0.384 e. The third kappa shape index (κ3) is 1.83. The van der Waals surface area contributed by atoms with Gasteiger partial charge in [-0.05, 0) is 25.1 Å². The molecule has 0 bridgehead atoms. The van der Waals surface area contributed by atoms with Crippen molar-refractivity contribution in [2.45, 2.75) is 6.92 Å². The van der Waals surface area contributed by atoms with Gasteiger partial charge < -0.3 is 5.73 Å². The first-order chi connectivity index (χ1) is 11.5. The Morgan fingerprint density at radius 1 is 1.08 bits per heavy atom. The smallest absolute Gasteiger partial charge is 0.262 e. The number of rotatable bonds is 1. The Labute approximate surface area is 134 Å². The molecule has 0 saturated heterocycles. The van der Waals surface area contributed by atoms with Crippen LogP contribution in [0.3, 0.4) is 0 Å². The summed E-state index contributed by atoms with van der Waals surface area (Å²) in [5.74, 6) is -1.31. The van der Waals surface area contributed by atoms with E-state index in [1.807, 2.05) is 0 Å². The predicted octanol–water partition coefficient (Wildman–Crippen LogP) is 0.555. The largest absolute Gasteiger partial charge is 0.384 e. The fourth-order valence-corrected chi connectivity index (χ4v) is 2.87. The number of carbonyl (C=O) groups is 2. The van der Waals surface area contributed by atoms with Crippen LogP contribution >= 0.6 is 0 Å². The highest BCUT2D eigenvalue weighted by molar-refractivity contribution is 6.23. The molecular weight excluding hydrogens is 310 g/mol. The molecule has 4 rings (SSSR count). The quantitative estimate of drug-likeness (QED) is 0.632. The van der Waals surface area contributed by atoms with Crippen LogP contribution in [0, 0.1) is 6.92 Å². The van der Waals surface area contributed by atoms with Gasteiger partial charge in [-0.15, -0.1) is 0 Å². The van der Waals surface area contributed by atoms with Gasteiger partial charge in [0.1, 0.15) is 5.82 Å². The molecular formula is C16H11N5O3. The second-order valence-electron chi connectivity index (χ2n) is 5.47. The number of fused-ring (bicyclic) bond motifs is 2. The van der Waals surface area contributed by atoms with Gasteiger partial charge in [-0.1, -0.05) is 6.07 Å². The first-order valence-electron chi connectivity index (χ1n) is 7.12. The number of pyridine rings is 1. The Hall–Kier alpha value is -3.55. The van der Waals surface area contributed by atoms with Gasteiger partial charge >= 0.3 is 0 Å². The van der Waals surface area contributed by atoms with Crippen molar-refractivity contribution in [1.29, 1.82) is 0 Å². The van der Waals surface area contributed by atoms with Crippen LogP contribution in [0.1, 0.15) is 26.4 Å². The number of nitrogens with one attached hydrogen (secondary N) is 1. The van der Waals surface area contributed by atoms with Crippen LogP contribution in [-0.4, -0.2) is 26.6 Å². The molecule has 3 aromatic rings. The van der Waals surface area contributed by atoms with E-state index in [1.165, 1.54) is 4.57 Å². The third-order valence-electron chi connectivity index (χ3n) is 3.92. The zero-order chi connectivity index (χ0) is 17.0. The summed E-state index contributed by atoms with van der Waals surface area (Å²) in [7, 11) is 0. The maximum absolute atomic E-state index is 12.5. The molecule has 1 aromatic carbocycles. The summed E-state index contributed by atoms with van der Waals surface area (Å²) >= 11 is 0. The number of imide groups is 1. The number of amides is 2. The molecule has 3 heterocycles. The molecule has 0 unspecified atom stereocenters. The summed E-state index contributed by atoms with van der Waals surface area (Å²) in [5, 5.41) is 10.9. The minimum absolute atomic E-state index is 0.00467. The number of aromatic nitrogens is 3. The van der Waals surface area contributed by atoms with Crippen LogP contribution in [0.25, 0.3) is 16.6 Å². The summed E-state index contributed by atoms with van der Waals surface area (Å²) < 4.78 is 1.21. The number of benzene rings is 1. The fourth-order valence-electron chi connectivity index (χ4n) is 2.87. The van der Waals surface area contributed by atoms with Crippen LogP contribution in [0.4, 0.5) is 5.82 Å². The van der Waals surface area contributed by atoms with E-state index in [4.69, 9.17) is 5.73 Å². The summed E-state index contributed by atoms with van der Waals surface area (Å²) in [6, 6.07) is 8.07. The molecule has 8 heteroatoms. The number of aryl methyl sites for hydroxylation is 1. The average Bonchev–Trinajstić information content (AvgIpc) is 2.82. The molecule has 24 heavy (non-hydrogen) atoms. The number of nitrogens with zero attached hydrogens (tertiary/aromatic N) is 3. The molecule has 2 aromatic heterocycles. The molecule has 3 N–H and O–H groups in total. The fraction of sp³-hybridized carbons (Fsp3) is 0.0625. The van der Waals surface area contributed by atoms with Gasteiger partial charge in [-0.3, -0.25) is 24.3 Å². The Bertz CT molecular complexity index is 1120. The van der Waals surface area contributed by atoms with Crippen molar-refractivity contribution in [1.82, 2.24) is 20.1 Å². The number of hydrogen-bond acceptors (Lipinski definition) is 6. The molecule has 0 radical (unpaired) electrons. The number of anilines is 1. The van der Waals surface area contributed by atoms with Crippen molar-refractivity contribution in [2.24, 2.45) is 0 Å². The van der Waals surface area contributed by atoms with Crippen molar-refractivity contribution in [3.63, 3.8) is 0 Å². The number of nitrogen functional groups attached to an aromatic ring is 1. The van der Waals surface area contributed by atoms with Crippen LogP contribution in [0.5, 0.6) is 0 Å². The molecule has 0 aliphatic carbocycles. The first kappa shape index (κ1) is 14.1. The SMILES string of the molecule is Cc1cc2c(-n3c(N)c4c(cc3=O)C(=O)NC4=O)cccc2nn1. The van der Waals surface area contributed by atoms with Crippen molar-refractivity contribution < 1.29 is 9.59 Å². The van der Waals surface area contributed by atoms with Gasteiger partial charge in [0, 0.05) is 11.5 Å². The molecule has 1 aliphatic rings. The van der Waals surface area contributed by atoms with Crippen molar-refractivity contribution in [2.75, 3.05) is 5.73 Å². The van der Waals surface area contributed by atoms with E-state index in [-0.39, 0.29) is 16.9 Å². The lowest BCUT2D eigenvalue weighted by atomic mass is 10.1. The van der Waals surface area contributed by atoms with E-state index >= 15 is 0 Å². The van der Waals surface area contributed by atoms with Crippen molar-refractivity contribution in [3.8, 4) is 5.69 Å². The second-order valence-corrected chi connectivity index (χ2v) is 5.47. The summed E-state index contributed by atoms with van der Waals surface area (Å²) in [6.45, 7) is 1.78. The molecule has 0 saturated carbocycles. The predicted molar refractivity (Wildman–Crippen MR) is 86.1 cm³/mol. The van der Waals surface area contributed by atoms with Gasteiger partial charge in [-0.25, -0.2) is 0 Å². The molecule has 2 amide bonds. The van der Waals surface area contributed by atoms with Gasteiger partial charge in [0.2, 0.25) is 0 Å². The first-order valence-corrected chi connectivity index (χ1v) is 7.12. The van der Waals surface area contributed by atoms with E-state index in [0.717, 1.165) is 6.07 Å². The monoisotopic (exact) mass is 321 g/mol. The van der Waals surface area contributed by atoms with Gasteiger partial charge in [0.05, 0.1) is 28.0 Å². The molecule has 0 fully saturated rings. The topological polar surface area (TPSA) is 120 Å². The summed E-state index contributed by atoms with van der Waals surface area (Å²) in [5.41, 5.74) is 7.31. The highest BCUT2D eigenvalue weighted by atomic mass is 16.2. The van der Waals surface area contributed by atoms with Gasteiger partial charge in [0.15, 0.2) is 0 Å². The Morgan fingerprint density at radius 2 is 1.88 bits per heavy atom. The number of hydrogen-bond donors (Lipinski definition) is 2. The van der Waals surface area contributed by atoms with Crippen molar-refractivity contribution in [3.05, 3.63) is 57.5 Å². The lowest BCUT2D eigenvalue weighted by molar-refractivity contribution is 0.0880. The highest BCUT2D eigenvalue weighted by Gasteiger charge is 2.32. The Morgan fingerprint density at radius 3 is 2.67 bits per heavy atom. The number of nitrogens with two attached hydrogens (primary N) is 1. The van der Waals surface area contributed by atoms with Gasteiger partial charge in [0.25, 0.3) is 17.4 Å². The molecule has 8 nitrogen and oxygen atoms in total. The summed E-state index contributed by atoms with van der Waals surface area (Å²) in [4.78, 5) is 36.2. The molecule has 0 atom stereocenters. The van der Waals surface area contributed by atoms with E-state index in [9.17, 15) is 14.4 Å². The van der Waals surface area contributed by atoms with E-state index in [2.05, 4.69) is 15.5 Å². The lowest BCUT2D eigenvalue weighted by Gasteiger charge is -2.13. The van der Waals surface area contributed by atoms with Gasteiger partial charge in [-0.2, -0.15) is 10.2 Å². The lowest BCUT2D eigenvalue weighted by Crippen LogP contribution is -2.24. The van der Waals surface area contributed by atoms with Crippen LogP contribution in [0.15, 0.2) is 35.1 Å². The molecule has 1 aliphatic heterocycles. The average molecular weight is 321 g/mol. The van der Waals surface area contributed by atoms with Crippen LogP contribution in [-0.2, 0) is 0 Å².